The molecule has 7 nitrogen and oxygen atoms in total. The van der Waals surface area contributed by atoms with Crippen molar-refractivity contribution in [2.45, 2.75) is 39.2 Å². The van der Waals surface area contributed by atoms with Crippen molar-refractivity contribution < 1.29 is 18.7 Å². The number of benzene rings is 2. The highest BCUT2D eigenvalue weighted by Gasteiger charge is 2.32. The monoisotopic (exact) mass is 463 g/mol. The van der Waals surface area contributed by atoms with Gasteiger partial charge in [0.2, 0.25) is 5.91 Å². The zero-order valence-electron chi connectivity index (χ0n) is 18.8. The summed E-state index contributed by atoms with van der Waals surface area (Å²) in [6.45, 7) is 4.01. The molecule has 2 aromatic heterocycles. The van der Waals surface area contributed by atoms with Crippen molar-refractivity contribution in [3.05, 3.63) is 53.5 Å². The Morgan fingerprint density at radius 1 is 1.26 bits per heavy atom. The van der Waals surface area contributed by atoms with Crippen molar-refractivity contribution in [1.29, 1.82) is 0 Å². The van der Waals surface area contributed by atoms with Crippen molar-refractivity contribution in [3.63, 3.8) is 0 Å². The van der Waals surface area contributed by atoms with Gasteiger partial charge < -0.3 is 15.7 Å². The second-order valence-electron chi connectivity index (χ2n) is 8.50. The lowest BCUT2D eigenvalue weighted by Crippen LogP contribution is -2.41. The summed E-state index contributed by atoms with van der Waals surface area (Å²) in [5.74, 6) is -0.935. The van der Waals surface area contributed by atoms with Crippen LogP contribution >= 0.6 is 0 Å². The molecule has 0 aliphatic carbocycles. The van der Waals surface area contributed by atoms with Crippen LogP contribution < -0.4 is 10.6 Å². The number of carbonyl (C=O) groups excluding carboxylic acids is 1. The van der Waals surface area contributed by atoms with E-state index in [1.807, 2.05) is 6.92 Å². The number of anilines is 1. The molecule has 1 atom stereocenters. The lowest BCUT2D eigenvalue weighted by molar-refractivity contribution is -0.119. The van der Waals surface area contributed by atoms with Gasteiger partial charge >= 0.3 is 0 Å². The first-order valence-corrected chi connectivity index (χ1v) is 11.1. The number of nitrogens with two attached hydrogens (primary N) is 1. The van der Waals surface area contributed by atoms with E-state index in [2.05, 4.69) is 15.0 Å². The van der Waals surface area contributed by atoms with Gasteiger partial charge in [0.25, 0.3) is 0 Å². The Bertz CT molecular complexity index is 1470. The number of phenols is 1. The summed E-state index contributed by atoms with van der Waals surface area (Å²) in [4.78, 5) is 26.9. The average molecular weight is 463 g/mol. The molecule has 4 aromatic rings. The number of rotatable bonds is 4. The number of amides is 1. The molecule has 3 N–H and O–H groups in total. The minimum Gasteiger partial charge on any atom is -0.508 e. The first-order chi connectivity index (χ1) is 16.3. The molecule has 0 saturated carbocycles. The van der Waals surface area contributed by atoms with Crippen molar-refractivity contribution in [1.82, 2.24) is 15.0 Å². The number of pyridine rings is 1. The number of carbonyl (C=O) groups is 1. The molecule has 0 unspecified atom stereocenters. The Kier molecular flexibility index (Phi) is 5.27. The van der Waals surface area contributed by atoms with Crippen molar-refractivity contribution >= 4 is 33.4 Å². The number of primary amides is 1. The van der Waals surface area contributed by atoms with Gasteiger partial charge in [-0.15, -0.1) is 0 Å². The summed E-state index contributed by atoms with van der Waals surface area (Å²) >= 11 is 0. The van der Waals surface area contributed by atoms with E-state index in [0.29, 0.717) is 52.8 Å². The first kappa shape index (κ1) is 21.9. The molecular weight excluding hydrogens is 440 g/mol. The summed E-state index contributed by atoms with van der Waals surface area (Å²) in [6, 6.07) is 5.25. The maximum atomic E-state index is 16.0. The van der Waals surface area contributed by atoms with Gasteiger partial charge in [-0.1, -0.05) is 13.0 Å². The second kappa shape index (κ2) is 8.16. The van der Waals surface area contributed by atoms with Crippen LogP contribution in [-0.2, 0) is 11.2 Å². The summed E-state index contributed by atoms with van der Waals surface area (Å²) in [5.41, 5.74) is 6.25. The van der Waals surface area contributed by atoms with E-state index >= 15 is 4.39 Å². The third-order valence-electron chi connectivity index (χ3n) is 6.39. The Hall–Kier alpha value is -3.88. The van der Waals surface area contributed by atoms with Gasteiger partial charge in [-0.05, 0) is 60.7 Å². The smallest absolute Gasteiger partial charge is 0.240 e. The lowest BCUT2D eigenvalue weighted by Gasteiger charge is -2.25. The highest BCUT2D eigenvalue weighted by Crippen LogP contribution is 2.39. The number of aryl methyl sites for hydroxylation is 2. The highest BCUT2D eigenvalue weighted by atomic mass is 19.1. The fourth-order valence-electron chi connectivity index (χ4n) is 4.91. The maximum Gasteiger partial charge on any atom is 0.240 e. The fourth-order valence-corrected chi connectivity index (χ4v) is 4.91. The normalized spacial score (nSPS) is 16.0. The molecule has 1 aliphatic rings. The molecule has 5 rings (SSSR count). The van der Waals surface area contributed by atoms with Crippen LogP contribution in [-0.4, -0.2) is 38.6 Å². The molecule has 1 saturated heterocycles. The Morgan fingerprint density at radius 2 is 2.06 bits per heavy atom. The molecule has 34 heavy (non-hydrogen) atoms. The van der Waals surface area contributed by atoms with Crippen LogP contribution in [0.4, 0.5) is 14.6 Å². The van der Waals surface area contributed by atoms with Crippen molar-refractivity contribution in [2.24, 2.45) is 5.73 Å². The molecule has 1 amide bonds. The predicted octanol–water partition coefficient (Wildman–Crippen LogP) is 4.15. The van der Waals surface area contributed by atoms with E-state index in [0.717, 1.165) is 6.42 Å². The van der Waals surface area contributed by atoms with Gasteiger partial charge in [-0.2, -0.15) is 0 Å². The number of aromatic nitrogens is 3. The van der Waals surface area contributed by atoms with Crippen LogP contribution in [0.15, 0.2) is 30.5 Å². The van der Waals surface area contributed by atoms with E-state index < -0.39 is 23.6 Å². The van der Waals surface area contributed by atoms with Crippen LogP contribution in [0.25, 0.3) is 32.9 Å². The molecule has 0 radical (unpaired) electrons. The molecule has 0 spiro atoms. The Labute approximate surface area is 194 Å². The second-order valence-corrected chi connectivity index (χ2v) is 8.50. The minimum atomic E-state index is -0.711. The molecule has 0 bridgehead atoms. The Morgan fingerprint density at radius 3 is 2.79 bits per heavy atom. The number of hydrogen-bond acceptors (Lipinski definition) is 6. The molecule has 3 heterocycles. The van der Waals surface area contributed by atoms with E-state index in [-0.39, 0.29) is 22.5 Å². The van der Waals surface area contributed by atoms with E-state index in [1.54, 1.807) is 17.9 Å². The SMILES string of the molecule is CCc1c(F)ccc2cc(O)cc(-c3ncc4c(N5CCC[C@H]5C(N)=O)nc(C)nc4c3F)c12. The van der Waals surface area contributed by atoms with Crippen LogP contribution in [0.5, 0.6) is 5.75 Å². The third kappa shape index (κ3) is 3.39. The summed E-state index contributed by atoms with van der Waals surface area (Å²) in [7, 11) is 0. The number of halogens is 2. The van der Waals surface area contributed by atoms with Crippen molar-refractivity contribution in [2.75, 3.05) is 11.4 Å². The molecular formula is C25H23F2N5O2. The van der Waals surface area contributed by atoms with Gasteiger partial charge in [0.05, 0.1) is 5.39 Å². The van der Waals surface area contributed by atoms with E-state index in [4.69, 9.17) is 5.73 Å². The maximum absolute atomic E-state index is 16.0. The van der Waals surface area contributed by atoms with Crippen LogP contribution in [0.2, 0.25) is 0 Å². The molecule has 9 heteroatoms. The first-order valence-electron chi connectivity index (χ1n) is 11.1. The van der Waals surface area contributed by atoms with Crippen LogP contribution in [0, 0.1) is 18.6 Å². The molecule has 2 aromatic carbocycles. The fraction of sp³-hybridized carbons (Fsp3) is 0.280. The largest absolute Gasteiger partial charge is 0.508 e. The van der Waals surface area contributed by atoms with Gasteiger partial charge in [0.1, 0.15) is 40.5 Å². The zero-order chi connectivity index (χ0) is 24.1. The van der Waals surface area contributed by atoms with Gasteiger partial charge in [-0.25, -0.2) is 18.7 Å². The number of aromatic hydroxyl groups is 1. The molecule has 1 fully saturated rings. The number of fused-ring (bicyclic) bond motifs is 2. The summed E-state index contributed by atoms with van der Waals surface area (Å²) in [5, 5.41) is 11.7. The van der Waals surface area contributed by atoms with Gasteiger partial charge in [0, 0.05) is 18.3 Å². The number of hydrogen-bond donors (Lipinski definition) is 2. The summed E-state index contributed by atoms with van der Waals surface area (Å²) in [6.07, 6.45) is 3.19. The summed E-state index contributed by atoms with van der Waals surface area (Å²) < 4.78 is 30.6. The number of phenolic OH excluding ortho intramolecular Hbond substituents is 1. The minimum absolute atomic E-state index is 0.0357. The lowest BCUT2D eigenvalue weighted by atomic mass is 9.94. The topological polar surface area (TPSA) is 105 Å². The van der Waals surface area contributed by atoms with Gasteiger partial charge in [0.15, 0.2) is 5.82 Å². The van der Waals surface area contributed by atoms with E-state index in [1.165, 1.54) is 24.4 Å². The van der Waals surface area contributed by atoms with E-state index in [9.17, 15) is 14.3 Å². The van der Waals surface area contributed by atoms with Crippen LogP contribution in [0.3, 0.4) is 0 Å². The highest BCUT2D eigenvalue weighted by molar-refractivity contribution is 6.02. The predicted molar refractivity (Wildman–Crippen MR) is 126 cm³/mol. The van der Waals surface area contributed by atoms with Crippen LogP contribution in [0.1, 0.15) is 31.2 Å². The van der Waals surface area contributed by atoms with Gasteiger partial charge in [-0.3, -0.25) is 9.78 Å². The molecule has 174 valence electrons. The standard InChI is InChI=1S/C25H23F2N5O2/c1-3-15-18(26)7-6-13-9-14(33)10-16(20(13)15)22-21(27)23-17(11-29-22)25(31-12(2)30-23)32-8-4-5-19(32)24(28)34/h6-7,9-11,19,33H,3-5,8H2,1-2H3,(H2,28,34)/t19-/m0/s1. The number of nitrogens with zero attached hydrogens (tertiary/aromatic N) is 4. The average Bonchev–Trinajstić information content (AvgIpc) is 3.29. The van der Waals surface area contributed by atoms with Crippen molar-refractivity contribution in [3.8, 4) is 17.0 Å². The molecule has 1 aliphatic heterocycles. The quantitative estimate of drug-likeness (QED) is 0.471. The Balaban J connectivity index is 1.78. The zero-order valence-corrected chi connectivity index (χ0v) is 18.8. The third-order valence-corrected chi connectivity index (χ3v) is 6.39.